The summed E-state index contributed by atoms with van der Waals surface area (Å²) in [7, 11) is 0. The van der Waals surface area contributed by atoms with Crippen molar-refractivity contribution in [2.45, 2.75) is 12.5 Å². The molecule has 1 aliphatic rings. The number of hydrazone groups is 1. The highest BCUT2D eigenvalue weighted by atomic mass is 79.9. The van der Waals surface area contributed by atoms with E-state index in [9.17, 15) is 9.59 Å². The average Bonchev–Trinajstić information content (AvgIpc) is 3.24. The Labute approximate surface area is 193 Å². The van der Waals surface area contributed by atoms with Crippen LogP contribution in [0.4, 0.5) is 0 Å². The summed E-state index contributed by atoms with van der Waals surface area (Å²) >= 11 is 9.53. The Bertz CT molecular complexity index is 1150. The standard InChI is InChI=1S/C24H18BrClN2O3/c25-19-6-3-5-17(12-19)21-13-22(16-8-10-20(26)11-9-16)28(27-21)24(30)15-31-23-7-2-1-4-18(23)14-29/h1-12,14,22H,13,15H2. The molecular formula is C24H18BrClN2O3. The summed E-state index contributed by atoms with van der Waals surface area (Å²) in [4.78, 5) is 24.3. The van der Waals surface area contributed by atoms with Gasteiger partial charge in [-0.25, -0.2) is 5.01 Å². The quantitative estimate of drug-likeness (QED) is 0.412. The first-order valence-corrected chi connectivity index (χ1v) is 10.8. The number of halogens is 2. The van der Waals surface area contributed by atoms with Crippen molar-refractivity contribution in [1.29, 1.82) is 0 Å². The van der Waals surface area contributed by atoms with E-state index < -0.39 is 0 Å². The smallest absolute Gasteiger partial charge is 0.281 e. The van der Waals surface area contributed by atoms with Gasteiger partial charge in [-0.15, -0.1) is 0 Å². The van der Waals surface area contributed by atoms with Crippen molar-refractivity contribution < 1.29 is 14.3 Å². The summed E-state index contributed by atoms with van der Waals surface area (Å²) < 4.78 is 6.58. The van der Waals surface area contributed by atoms with Gasteiger partial charge in [0.25, 0.3) is 5.91 Å². The molecule has 3 aromatic carbocycles. The second kappa shape index (κ2) is 9.45. The van der Waals surface area contributed by atoms with Crippen LogP contribution in [0, 0.1) is 0 Å². The summed E-state index contributed by atoms with van der Waals surface area (Å²) in [6, 6.07) is 21.7. The van der Waals surface area contributed by atoms with Crippen molar-refractivity contribution in [3.63, 3.8) is 0 Å². The van der Waals surface area contributed by atoms with Crippen LogP contribution in [0.1, 0.15) is 33.9 Å². The van der Waals surface area contributed by atoms with Gasteiger partial charge < -0.3 is 4.74 Å². The maximum Gasteiger partial charge on any atom is 0.281 e. The molecule has 1 heterocycles. The summed E-state index contributed by atoms with van der Waals surface area (Å²) in [6.45, 7) is -0.232. The number of nitrogens with zero attached hydrogens (tertiary/aromatic N) is 2. The molecule has 5 nitrogen and oxygen atoms in total. The Balaban J connectivity index is 1.60. The van der Waals surface area contributed by atoms with Crippen molar-refractivity contribution in [2.75, 3.05) is 6.61 Å². The third-order valence-electron chi connectivity index (χ3n) is 4.98. The Morgan fingerprint density at radius 1 is 1.13 bits per heavy atom. The number of amides is 1. The van der Waals surface area contributed by atoms with Gasteiger partial charge in [0.1, 0.15) is 5.75 Å². The molecule has 4 rings (SSSR count). The maximum atomic E-state index is 13.1. The third-order valence-corrected chi connectivity index (χ3v) is 5.72. The Hall–Kier alpha value is -2.96. The molecule has 1 atom stereocenters. The van der Waals surface area contributed by atoms with Gasteiger partial charge in [-0.3, -0.25) is 9.59 Å². The van der Waals surface area contributed by atoms with Gasteiger partial charge in [-0.2, -0.15) is 5.10 Å². The van der Waals surface area contributed by atoms with Crippen LogP contribution < -0.4 is 4.74 Å². The van der Waals surface area contributed by atoms with E-state index in [4.69, 9.17) is 16.3 Å². The molecule has 1 unspecified atom stereocenters. The van der Waals surface area contributed by atoms with Crippen LogP contribution in [0.5, 0.6) is 5.75 Å². The SMILES string of the molecule is O=Cc1ccccc1OCC(=O)N1N=C(c2cccc(Br)c2)CC1c1ccc(Cl)cc1. The Kier molecular flexibility index (Phi) is 6.49. The number of hydrogen-bond donors (Lipinski definition) is 0. The van der Waals surface area contributed by atoms with Crippen molar-refractivity contribution in [1.82, 2.24) is 5.01 Å². The number of aldehydes is 1. The fraction of sp³-hybridized carbons (Fsp3) is 0.125. The van der Waals surface area contributed by atoms with Crippen LogP contribution in [0.15, 0.2) is 82.4 Å². The molecule has 0 saturated heterocycles. The minimum atomic E-state index is -0.300. The molecule has 0 saturated carbocycles. The Morgan fingerprint density at radius 3 is 2.65 bits per heavy atom. The van der Waals surface area contributed by atoms with Gasteiger partial charge >= 0.3 is 0 Å². The molecule has 31 heavy (non-hydrogen) atoms. The lowest BCUT2D eigenvalue weighted by Gasteiger charge is -2.22. The predicted molar refractivity (Wildman–Crippen MR) is 124 cm³/mol. The number of ether oxygens (including phenoxy) is 1. The highest BCUT2D eigenvalue weighted by Crippen LogP contribution is 2.34. The van der Waals surface area contributed by atoms with E-state index in [1.165, 1.54) is 5.01 Å². The molecule has 0 N–H and O–H groups in total. The molecule has 0 fully saturated rings. The first-order valence-electron chi connectivity index (χ1n) is 9.63. The molecular weight excluding hydrogens is 480 g/mol. The van der Waals surface area contributed by atoms with Crippen LogP contribution in [0.3, 0.4) is 0 Å². The van der Waals surface area contributed by atoms with Gasteiger partial charge in [0, 0.05) is 15.9 Å². The lowest BCUT2D eigenvalue weighted by Crippen LogP contribution is -2.31. The number of benzene rings is 3. The van der Waals surface area contributed by atoms with E-state index in [1.807, 2.05) is 36.4 Å². The van der Waals surface area contributed by atoms with Crippen LogP contribution in [-0.4, -0.2) is 29.5 Å². The fourth-order valence-electron chi connectivity index (χ4n) is 3.44. The van der Waals surface area contributed by atoms with Crippen molar-refractivity contribution in [3.8, 4) is 5.75 Å². The van der Waals surface area contributed by atoms with Gasteiger partial charge in [0.05, 0.1) is 17.3 Å². The van der Waals surface area contributed by atoms with E-state index in [1.54, 1.807) is 36.4 Å². The minimum absolute atomic E-state index is 0.232. The van der Waals surface area contributed by atoms with Crippen LogP contribution in [-0.2, 0) is 4.79 Å². The van der Waals surface area contributed by atoms with Crippen molar-refractivity contribution in [2.24, 2.45) is 5.10 Å². The van der Waals surface area contributed by atoms with Gasteiger partial charge in [0.2, 0.25) is 0 Å². The highest BCUT2D eigenvalue weighted by molar-refractivity contribution is 9.10. The zero-order chi connectivity index (χ0) is 21.8. The topological polar surface area (TPSA) is 59.0 Å². The monoisotopic (exact) mass is 496 g/mol. The minimum Gasteiger partial charge on any atom is -0.483 e. The van der Waals surface area contributed by atoms with Crippen molar-refractivity contribution in [3.05, 3.63) is 99.0 Å². The van der Waals surface area contributed by atoms with Crippen LogP contribution >= 0.6 is 27.5 Å². The lowest BCUT2D eigenvalue weighted by atomic mass is 9.98. The highest BCUT2D eigenvalue weighted by Gasteiger charge is 2.33. The molecule has 1 aliphatic heterocycles. The zero-order valence-corrected chi connectivity index (χ0v) is 18.7. The van der Waals surface area contributed by atoms with Gasteiger partial charge in [0.15, 0.2) is 12.9 Å². The summed E-state index contributed by atoms with van der Waals surface area (Å²) in [5, 5.41) is 6.72. The lowest BCUT2D eigenvalue weighted by molar-refractivity contribution is -0.135. The molecule has 0 radical (unpaired) electrons. The normalized spacial score (nSPS) is 15.5. The van der Waals surface area contributed by atoms with Gasteiger partial charge in [-0.1, -0.05) is 63.9 Å². The number of para-hydroxylation sites is 1. The van der Waals surface area contributed by atoms with E-state index in [-0.39, 0.29) is 18.6 Å². The molecule has 0 bridgehead atoms. The second-order valence-electron chi connectivity index (χ2n) is 7.01. The molecule has 156 valence electrons. The second-order valence-corrected chi connectivity index (χ2v) is 8.36. The maximum absolute atomic E-state index is 13.1. The largest absolute Gasteiger partial charge is 0.483 e. The summed E-state index contributed by atoms with van der Waals surface area (Å²) in [5.41, 5.74) is 3.07. The number of carbonyl (C=O) groups is 2. The van der Waals surface area contributed by atoms with Crippen molar-refractivity contribution >= 4 is 45.4 Å². The number of hydrogen-bond acceptors (Lipinski definition) is 4. The van der Waals surface area contributed by atoms with E-state index in [0.717, 1.165) is 21.3 Å². The fourth-order valence-corrected chi connectivity index (χ4v) is 3.97. The number of carbonyl (C=O) groups excluding carboxylic acids is 2. The summed E-state index contributed by atoms with van der Waals surface area (Å²) in [6.07, 6.45) is 1.27. The third kappa shape index (κ3) is 4.86. The zero-order valence-electron chi connectivity index (χ0n) is 16.4. The molecule has 0 spiro atoms. The molecule has 0 aliphatic carbocycles. The molecule has 3 aromatic rings. The number of rotatable bonds is 6. The first kappa shape index (κ1) is 21.3. The van der Waals surface area contributed by atoms with Gasteiger partial charge in [-0.05, 0) is 47.5 Å². The first-order chi connectivity index (χ1) is 15.0. The van der Waals surface area contributed by atoms with Crippen LogP contribution in [0.2, 0.25) is 5.02 Å². The average molecular weight is 498 g/mol. The molecule has 7 heteroatoms. The molecule has 1 amide bonds. The Morgan fingerprint density at radius 2 is 1.90 bits per heavy atom. The van der Waals surface area contributed by atoms with Crippen LogP contribution in [0.25, 0.3) is 0 Å². The van der Waals surface area contributed by atoms with E-state index in [0.29, 0.717) is 29.0 Å². The predicted octanol–water partition coefficient (Wildman–Crippen LogP) is 5.67. The van der Waals surface area contributed by atoms with E-state index in [2.05, 4.69) is 21.0 Å². The van der Waals surface area contributed by atoms with E-state index >= 15 is 0 Å². The summed E-state index contributed by atoms with van der Waals surface area (Å²) in [5.74, 6) is 0.0648. The molecule has 0 aromatic heterocycles.